The van der Waals surface area contributed by atoms with E-state index in [-0.39, 0.29) is 17.4 Å². The highest BCUT2D eigenvalue weighted by Crippen LogP contribution is 2.17. The molecule has 1 heterocycles. The summed E-state index contributed by atoms with van der Waals surface area (Å²) in [6, 6.07) is 9.13. The molecule has 1 aliphatic heterocycles. The van der Waals surface area contributed by atoms with Gasteiger partial charge in [-0.25, -0.2) is 13.6 Å². The largest absolute Gasteiger partial charge is 0.491 e. The minimum atomic E-state index is -1.11. The molecule has 1 aliphatic rings. The van der Waals surface area contributed by atoms with E-state index < -0.39 is 42.6 Å². The molecule has 0 aromatic heterocycles. The maximum absolute atomic E-state index is 13.1. The van der Waals surface area contributed by atoms with Crippen LogP contribution in [0.15, 0.2) is 42.5 Å². The number of benzene rings is 2. The van der Waals surface area contributed by atoms with Crippen LogP contribution in [0.5, 0.6) is 5.75 Å². The summed E-state index contributed by atoms with van der Waals surface area (Å²) in [5.74, 6) is -3.64. The van der Waals surface area contributed by atoms with E-state index in [9.17, 15) is 23.2 Å². The van der Waals surface area contributed by atoms with Crippen LogP contribution in [0.4, 0.5) is 14.5 Å². The third-order valence-electron chi connectivity index (χ3n) is 4.53. The molecule has 8 nitrogen and oxygen atoms in total. The summed E-state index contributed by atoms with van der Waals surface area (Å²) in [5, 5.41) is 4.56. The maximum atomic E-state index is 13.1. The number of amides is 2. The first-order valence-corrected chi connectivity index (χ1v) is 9.94. The van der Waals surface area contributed by atoms with Gasteiger partial charge in [0.2, 0.25) is 5.91 Å². The fourth-order valence-corrected chi connectivity index (χ4v) is 2.88. The van der Waals surface area contributed by atoms with Crippen molar-refractivity contribution in [1.82, 2.24) is 5.32 Å². The standard InChI is InChI=1S/C22H22F2N2O6/c23-18-8-5-15(10-19(18)24)26-20(27)11-25-21(28)13-32-22(29)14-3-6-16(7-4-14)31-12-17-2-1-9-30-17/h3-8,10,17H,1-2,9,11-13H2,(H,25,28)(H,26,27). The van der Waals surface area contributed by atoms with Gasteiger partial charge in [-0.2, -0.15) is 0 Å². The van der Waals surface area contributed by atoms with Crippen LogP contribution in [0, 0.1) is 11.6 Å². The maximum Gasteiger partial charge on any atom is 0.338 e. The summed E-state index contributed by atoms with van der Waals surface area (Å²) in [7, 11) is 0. The topological polar surface area (TPSA) is 103 Å². The molecular formula is C22H22F2N2O6. The molecule has 2 aromatic rings. The van der Waals surface area contributed by atoms with Gasteiger partial charge in [-0.3, -0.25) is 9.59 Å². The lowest BCUT2D eigenvalue weighted by Crippen LogP contribution is -2.35. The van der Waals surface area contributed by atoms with E-state index in [0.29, 0.717) is 12.4 Å². The number of esters is 1. The van der Waals surface area contributed by atoms with E-state index in [1.807, 2.05) is 0 Å². The van der Waals surface area contributed by atoms with Gasteiger partial charge in [0.05, 0.1) is 18.2 Å². The van der Waals surface area contributed by atoms with Gasteiger partial charge < -0.3 is 24.8 Å². The molecule has 1 fully saturated rings. The van der Waals surface area contributed by atoms with E-state index in [4.69, 9.17) is 14.2 Å². The quantitative estimate of drug-likeness (QED) is 0.572. The Hall–Kier alpha value is -3.53. The number of ether oxygens (including phenoxy) is 3. The third kappa shape index (κ3) is 7.02. The molecular weight excluding hydrogens is 426 g/mol. The fourth-order valence-electron chi connectivity index (χ4n) is 2.88. The second kappa shape index (κ2) is 11.2. The van der Waals surface area contributed by atoms with Crippen molar-refractivity contribution in [1.29, 1.82) is 0 Å². The van der Waals surface area contributed by atoms with E-state index in [1.54, 1.807) is 12.1 Å². The number of hydrogen-bond acceptors (Lipinski definition) is 6. The van der Waals surface area contributed by atoms with E-state index in [1.165, 1.54) is 18.2 Å². The van der Waals surface area contributed by atoms with Gasteiger partial charge in [-0.1, -0.05) is 0 Å². The van der Waals surface area contributed by atoms with Gasteiger partial charge in [-0.15, -0.1) is 0 Å². The highest BCUT2D eigenvalue weighted by Gasteiger charge is 2.16. The Morgan fingerprint density at radius 3 is 2.50 bits per heavy atom. The van der Waals surface area contributed by atoms with Gasteiger partial charge in [0, 0.05) is 18.4 Å². The minimum Gasteiger partial charge on any atom is -0.491 e. The molecule has 2 amide bonds. The van der Waals surface area contributed by atoms with Crippen LogP contribution < -0.4 is 15.4 Å². The zero-order chi connectivity index (χ0) is 22.9. The van der Waals surface area contributed by atoms with Crippen LogP contribution >= 0.6 is 0 Å². The lowest BCUT2D eigenvalue weighted by molar-refractivity contribution is -0.126. The zero-order valence-electron chi connectivity index (χ0n) is 17.1. The monoisotopic (exact) mass is 448 g/mol. The van der Waals surface area contributed by atoms with Gasteiger partial charge >= 0.3 is 5.97 Å². The summed E-state index contributed by atoms with van der Waals surface area (Å²) in [6.07, 6.45) is 2.06. The molecule has 32 heavy (non-hydrogen) atoms. The first-order valence-electron chi connectivity index (χ1n) is 9.94. The normalized spacial score (nSPS) is 15.1. The number of carbonyl (C=O) groups excluding carboxylic acids is 3. The van der Waals surface area contributed by atoms with Crippen molar-refractivity contribution in [2.24, 2.45) is 0 Å². The number of anilines is 1. The van der Waals surface area contributed by atoms with Crippen LogP contribution in [-0.2, 0) is 19.1 Å². The van der Waals surface area contributed by atoms with Crippen molar-refractivity contribution in [3.63, 3.8) is 0 Å². The molecule has 1 atom stereocenters. The van der Waals surface area contributed by atoms with Crippen molar-refractivity contribution in [3.8, 4) is 5.75 Å². The number of hydrogen-bond donors (Lipinski definition) is 2. The highest BCUT2D eigenvalue weighted by molar-refractivity contribution is 5.95. The van der Waals surface area contributed by atoms with Crippen molar-refractivity contribution < 1.29 is 37.4 Å². The lowest BCUT2D eigenvalue weighted by atomic mass is 10.2. The van der Waals surface area contributed by atoms with Crippen LogP contribution in [0.1, 0.15) is 23.2 Å². The van der Waals surface area contributed by atoms with E-state index >= 15 is 0 Å². The molecule has 1 unspecified atom stereocenters. The van der Waals surface area contributed by atoms with Crippen molar-refractivity contribution in [2.45, 2.75) is 18.9 Å². The molecule has 2 aromatic carbocycles. The number of nitrogens with one attached hydrogen (secondary N) is 2. The molecule has 0 bridgehead atoms. The average molecular weight is 448 g/mol. The lowest BCUT2D eigenvalue weighted by Gasteiger charge is -2.11. The SMILES string of the molecule is O=C(COC(=O)c1ccc(OCC2CCCO2)cc1)NCC(=O)Nc1ccc(F)c(F)c1. The van der Waals surface area contributed by atoms with Gasteiger partial charge in [0.25, 0.3) is 5.91 Å². The number of rotatable bonds is 9. The Morgan fingerprint density at radius 2 is 1.81 bits per heavy atom. The summed E-state index contributed by atoms with van der Waals surface area (Å²) in [6.45, 7) is 0.152. The van der Waals surface area contributed by atoms with Gasteiger partial charge in [0.1, 0.15) is 12.4 Å². The summed E-state index contributed by atoms with van der Waals surface area (Å²) in [4.78, 5) is 35.6. The first kappa shape index (κ1) is 23.1. The van der Waals surface area contributed by atoms with E-state index in [0.717, 1.165) is 31.6 Å². The van der Waals surface area contributed by atoms with Crippen LogP contribution in [0.2, 0.25) is 0 Å². The molecule has 1 saturated heterocycles. The molecule has 3 rings (SSSR count). The molecule has 0 aliphatic carbocycles. The van der Waals surface area contributed by atoms with E-state index in [2.05, 4.69) is 10.6 Å². The summed E-state index contributed by atoms with van der Waals surface area (Å²) in [5.41, 5.74) is 0.274. The van der Waals surface area contributed by atoms with Crippen LogP contribution in [-0.4, -0.2) is 50.3 Å². The van der Waals surface area contributed by atoms with Crippen LogP contribution in [0.25, 0.3) is 0 Å². The molecule has 2 N–H and O–H groups in total. The molecule has 170 valence electrons. The second-order valence-electron chi connectivity index (χ2n) is 7.00. The predicted octanol–water partition coefficient (Wildman–Crippen LogP) is 2.43. The summed E-state index contributed by atoms with van der Waals surface area (Å²) < 4.78 is 42.0. The van der Waals surface area contributed by atoms with Gasteiger partial charge in [-0.05, 0) is 49.2 Å². The predicted molar refractivity (Wildman–Crippen MR) is 109 cm³/mol. The highest BCUT2D eigenvalue weighted by atomic mass is 19.2. The fraction of sp³-hybridized carbons (Fsp3) is 0.318. The van der Waals surface area contributed by atoms with Crippen LogP contribution in [0.3, 0.4) is 0 Å². The summed E-state index contributed by atoms with van der Waals surface area (Å²) >= 11 is 0. The Morgan fingerprint density at radius 1 is 1.03 bits per heavy atom. The smallest absolute Gasteiger partial charge is 0.338 e. The Balaban J connectivity index is 1.35. The Kier molecular flexibility index (Phi) is 8.09. The first-order chi connectivity index (χ1) is 15.4. The molecule has 0 saturated carbocycles. The Labute approximate surface area is 182 Å². The number of halogens is 2. The molecule has 0 spiro atoms. The minimum absolute atomic E-state index is 0.0396. The van der Waals surface area contributed by atoms with Crippen molar-refractivity contribution >= 4 is 23.5 Å². The van der Waals surface area contributed by atoms with Crippen molar-refractivity contribution in [2.75, 3.05) is 31.7 Å². The Bertz CT molecular complexity index is 961. The van der Waals surface area contributed by atoms with Crippen molar-refractivity contribution in [3.05, 3.63) is 59.7 Å². The molecule has 0 radical (unpaired) electrons. The van der Waals surface area contributed by atoms with Gasteiger partial charge in [0.15, 0.2) is 18.2 Å². The number of carbonyl (C=O) groups is 3. The zero-order valence-corrected chi connectivity index (χ0v) is 17.1. The average Bonchev–Trinajstić information content (AvgIpc) is 3.31. The second-order valence-corrected chi connectivity index (χ2v) is 7.00. The third-order valence-corrected chi connectivity index (χ3v) is 4.53. The molecule has 10 heteroatoms.